The van der Waals surface area contributed by atoms with Gasteiger partial charge in [-0.1, -0.05) is 30.3 Å². The quantitative estimate of drug-likeness (QED) is 0.945. The molecule has 1 unspecified atom stereocenters. The largest absolute Gasteiger partial charge is 0.387 e. The fourth-order valence-corrected chi connectivity index (χ4v) is 2.47. The van der Waals surface area contributed by atoms with E-state index in [9.17, 15) is 5.11 Å². The van der Waals surface area contributed by atoms with Crippen molar-refractivity contribution in [2.24, 2.45) is 0 Å². The fraction of sp³-hybridized carbons (Fsp3) is 0.308. The molecule has 0 spiro atoms. The highest BCUT2D eigenvalue weighted by atomic mass is 79.9. The van der Waals surface area contributed by atoms with Gasteiger partial charge in [0, 0.05) is 0 Å². The van der Waals surface area contributed by atoms with Crippen LogP contribution in [0.2, 0.25) is 0 Å². The van der Waals surface area contributed by atoms with Crippen molar-refractivity contribution in [3.63, 3.8) is 0 Å². The van der Waals surface area contributed by atoms with Gasteiger partial charge >= 0.3 is 0 Å². The first kappa shape index (κ1) is 12.3. The molecule has 0 amide bonds. The average molecular weight is 295 g/mol. The van der Waals surface area contributed by atoms with Crippen molar-refractivity contribution in [2.45, 2.75) is 26.5 Å². The SMILES string of the molecule is Cc1nn(Cc2ccccc2)c(C(C)O)c1Br. The van der Waals surface area contributed by atoms with Crippen LogP contribution in [0, 0.1) is 6.92 Å². The molecule has 3 nitrogen and oxygen atoms in total. The van der Waals surface area contributed by atoms with Crippen LogP contribution < -0.4 is 0 Å². The van der Waals surface area contributed by atoms with Crippen LogP contribution in [0.1, 0.15) is 30.0 Å². The van der Waals surface area contributed by atoms with Gasteiger partial charge in [0.2, 0.25) is 0 Å². The molecule has 1 N–H and O–H groups in total. The van der Waals surface area contributed by atoms with Gasteiger partial charge in [0.1, 0.15) is 0 Å². The van der Waals surface area contributed by atoms with Crippen LogP contribution >= 0.6 is 15.9 Å². The maximum Gasteiger partial charge on any atom is 0.0940 e. The molecule has 0 radical (unpaired) electrons. The van der Waals surface area contributed by atoms with Gasteiger partial charge in [0.05, 0.1) is 28.5 Å². The van der Waals surface area contributed by atoms with Gasteiger partial charge in [0.25, 0.3) is 0 Å². The Morgan fingerprint density at radius 1 is 1.35 bits per heavy atom. The Kier molecular flexibility index (Phi) is 3.64. The molecule has 0 aliphatic heterocycles. The molecular weight excluding hydrogens is 280 g/mol. The number of rotatable bonds is 3. The Bertz CT molecular complexity index is 506. The number of benzene rings is 1. The number of halogens is 1. The lowest BCUT2D eigenvalue weighted by molar-refractivity contribution is 0.187. The minimum Gasteiger partial charge on any atom is -0.387 e. The van der Waals surface area contributed by atoms with Crippen molar-refractivity contribution in [3.05, 3.63) is 51.8 Å². The van der Waals surface area contributed by atoms with E-state index in [1.54, 1.807) is 6.92 Å². The number of aliphatic hydroxyl groups excluding tert-OH is 1. The predicted octanol–water partition coefficient (Wildman–Crippen LogP) is 3.06. The zero-order valence-corrected chi connectivity index (χ0v) is 11.5. The van der Waals surface area contributed by atoms with Crippen molar-refractivity contribution < 1.29 is 5.11 Å². The first-order chi connectivity index (χ1) is 8.09. The van der Waals surface area contributed by atoms with Crippen LogP contribution in [0.5, 0.6) is 0 Å². The van der Waals surface area contributed by atoms with Gasteiger partial charge in [-0.2, -0.15) is 5.10 Å². The molecule has 1 aromatic carbocycles. The molecule has 0 fully saturated rings. The van der Waals surface area contributed by atoms with Crippen molar-refractivity contribution >= 4 is 15.9 Å². The summed E-state index contributed by atoms with van der Waals surface area (Å²) in [6.45, 7) is 4.35. The highest BCUT2D eigenvalue weighted by Gasteiger charge is 2.17. The van der Waals surface area contributed by atoms with Crippen molar-refractivity contribution in [2.75, 3.05) is 0 Å². The predicted molar refractivity (Wildman–Crippen MR) is 70.8 cm³/mol. The Morgan fingerprint density at radius 3 is 2.59 bits per heavy atom. The van der Waals surface area contributed by atoms with Gasteiger partial charge in [-0.25, -0.2) is 0 Å². The summed E-state index contributed by atoms with van der Waals surface area (Å²) in [7, 11) is 0. The third-order valence-corrected chi connectivity index (χ3v) is 3.64. The number of aliphatic hydroxyl groups is 1. The third kappa shape index (κ3) is 2.58. The maximum atomic E-state index is 9.79. The van der Waals surface area contributed by atoms with E-state index < -0.39 is 6.10 Å². The standard InChI is InChI=1S/C13H15BrN2O/c1-9-12(14)13(10(2)17)16(15-9)8-11-6-4-3-5-7-11/h3-7,10,17H,8H2,1-2H3. The van der Waals surface area contributed by atoms with Crippen LogP contribution in [0.25, 0.3) is 0 Å². The zero-order valence-electron chi connectivity index (χ0n) is 9.89. The van der Waals surface area contributed by atoms with Gasteiger partial charge < -0.3 is 5.11 Å². The minimum atomic E-state index is -0.533. The molecule has 0 saturated carbocycles. The van der Waals surface area contributed by atoms with Crippen LogP contribution in [0.3, 0.4) is 0 Å². The minimum absolute atomic E-state index is 0.533. The lowest BCUT2D eigenvalue weighted by atomic mass is 10.2. The summed E-state index contributed by atoms with van der Waals surface area (Å²) in [4.78, 5) is 0. The molecule has 0 aliphatic rings. The molecule has 1 atom stereocenters. The number of hydrogen-bond donors (Lipinski definition) is 1. The summed E-state index contributed by atoms with van der Waals surface area (Å²) in [6.07, 6.45) is -0.533. The van der Waals surface area contributed by atoms with Gasteiger partial charge in [-0.15, -0.1) is 0 Å². The molecule has 17 heavy (non-hydrogen) atoms. The van der Waals surface area contributed by atoms with Crippen LogP contribution in [-0.4, -0.2) is 14.9 Å². The van der Waals surface area contributed by atoms with E-state index in [1.807, 2.05) is 29.8 Å². The monoisotopic (exact) mass is 294 g/mol. The normalized spacial score (nSPS) is 12.7. The lowest BCUT2D eigenvalue weighted by Crippen LogP contribution is -2.08. The van der Waals surface area contributed by atoms with Crippen molar-refractivity contribution in [3.8, 4) is 0 Å². The van der Waals surface area contributed by atoms with E-state index in [0.29, 0.717) is 6.54 Å². The second-order valence-corrected chi connectivity index (χ2v) is 4.90. The Morgan fingerprint density at radius 2 is 2.00 bits per heavy atom. The number of hydrogen-bond acceptors (Lipinski definition) is 2. The molecule has 2 rings (SSSR count). The van der Waals surface area contributed by atoms with Gasteiger partial charge in [-0.3, -0.25) is 4.68 Å². The van der Waals surface area contributed by atoms with Crippen LogP contribution in [0.4, 0.5) is 0 Å². The van der Waals surface area contributed by atoms with E-state index in [1.165, 1.54) is 5.56 Å². The van der Waals surface area contributed by atoms with Crippen LogP contribution in [0.15, 0.2) is 34.8 Å². The molecule has 0 bridgehead atoms. The smallest absolute Gasteiger partial charge is 0.0940 e. The van der Waals surface area contributed by atoms with E-state index in [0.717, 1.165) is 15.9 Å². The van der Waals surface area contributed by atoms with E-state index in [-0.39, 0.29) is 0 Å². The zero-order chi connectivity index (χ0) is 12.4. The molecule has 90 valence electrons. The molecule has 0 saturated heterocycles. The van der Waals surface area contributed by atoms with Crippen molar-refractivity contribution in [1.29, 1.82) is 0 Å². The highest BCUT2D eigenvalue weighted by molar-refractivity contribution is 9.10. The fourth-order valence-electron chi connectivity index (χ4n) is 1.85. The first-order valence-corrected chi connectivity index (χ1v) is 6.33. The Labute approximate surface area is 109 Å². The topological polar surface area (TPSA) is 38.0 Å². The summed E-state index contributed by atoms with van der Waals surface area (Å²) in [5, 5.41) is 14.2. The van der Waals surface area contributed by atoms with E-state index in [4.69, 9.17) is 0 Å². The molecular formula is C13H15BrN2O. The van der Waals surface area contributed by atoms with E-state index in [2.05, 4.69) is 33.2 Å². The van der Waals surface area contributed by atoms with Gasteiger partial charge in [-0.05, 0) is 35.3 Å². The second-order valence-electron chi connectivity index (χ2n) is 4.10. The summed E-state index contributed by atoms with van der Waals surface area (Å²) in [5.41, 5.74) is 2.90. The average Bonchev–Trinajstić information content (AvgIpc) is 2.56. The maximum absolute atomic E-state index is 9.79. The van der Waals surface area contributed by atoms with Gasteiger partial charge in [0.15, 0.2) is 0 Å². The van der Waals surface area contributed by atoms with E-state index >= 15 is 0 Å². The summed E-state index contributed by atoms with van der Waals surface area (Å²) < 4.78 is 2.74. The first-order valence-electron chi connectivity index (χ1n) is 5.54. The molecule has 1 aromatic heterocycles. The number of aromatic nitrogens is 2. The molecule has 2 aromatic rings. The van der Waals surface area contributed by atoms with Crippen LogP contribution in [-0.2, 0) is 6.54 Å². The summed E-state index contributed by atoms with van der Waals surface area (Å²) in [6, 6.07) is 10.1. The third-order valence-electron chi connectivity index (χ3n) is 2.66. The second kappa shape index (κ2) is 5.02. The molecule has 1 heterocycles. The Balaban J connectivity index is 2.36. The number of nitrogens with zero attached hydrogens (tertiary/aromatic N) is 2. The lowest BCUT2D eigenvalue weighted by Gasteiger charge is -2.10. The highest BCUT2D eigenvalue weighted by Crippen LogP contribution is 2.26. The Hall–Kier alpha value is -1.13. The molecule has 0 aliphatic carbocycles. The molecule has 4 heteroatoms. The summed E-state index contributed by atoms with van der Waals surface area (Å²) in [5.74, 6) is 0. The number of aryl methyl sites for hydroxylation is 1. The van der Waals surface area contributed by atoms with Crippen molar-refractivity contribution in [1.82, 2.24) is 9.78 Å². The summed E-state index contributed by atoms with van der Waals surface area (Å²) >= 11 is 3.47.